The third kappa shape index (κ3) is 9.62. The molecule has 2 saturated heterocycles. The molecule has 3 heterocycles. The Morgan fingerprint density at radius 3 is 2.25 bits per heavy atom. The van der Waals surface area contributed by atoms with Crippen LogP contribution in [0.1, 0.15) is 115 Å². The minimum absolute atomic E-state index is 0. The fourth-order valence-electron chi connectivity index (χ4n) is 7.61. The summed E-state index contributed by atoms with van der Waals surface area (Å²) in [5.74, 6) is -1.54. The molecule has 282 valence electrons. The number of ketones is 1. The Hall–Kier alpha value is -1.08. The first-order valence-electron chi connectivity index (χ1n) is 17.2. The number of hydrogen-bond acceptors (Lipinski definition) is 11. The molecule has 2 N–H and O–H groups in total. The number of carbonyl (C=O) groups excluding carboxylic acids is 2. The third-order valence-electron chi connectivity index (χ3n) is 10.5. The van der Waals surface area contributed by atoms with Crippen molar-refractivity contribution in [2.45, 2.75) is 175 Å². The number of Topliss-reactive ketones (excluding diaryl/α,β-unsaturated/α-hetero) is 1. The van der Waals surface area contributed by atoms with Crippen LogP contribution < -0.4 is 0 Å². The van der Waals surface area contributed by atoms with Gasteiger partial charge in [0.05, 0.1) is 35.7 Å². The molecule has 0 aromatic carbocycles. The number of aliphatic hydroxyl groups excluding tert-OH is 1. The van der Waals surface area contributed by atoms with Crippen molar-refractivity contribution in [2.24, 2.45) is 17.8 Å². The van der Waals surface area contributed by atoms with Crippen LogP contribution in [-0.4, -0.2) is 88.8 Å². The van der Waals surface area contributed by atoms with Gasteiger partial charge in [0.25, 0.3) is 0 Å². The molecule has 10 unspecified atom stereocenters. The van der Waals surface area contributed by atoms with Gasteiger partial charge >= 0.3 is 23.0 Å². The predicted octanol–water partition coefficient (Wildman–Crippen LogP) is 5.39. The van der Waals surface area contributed by atoms with Crippen LogP contribution in [-0.2, 0) is 60.1 Å². The minimum atomic E-state index is -1.44. The zero-order valence-electron chi connectivity index (χ0n) is 31.2. The maximum Gasteiger partial charge on any atom is 1.00 e. The van der Waals surface area contributed by atoms with E-state index in [0.717, 1.165) is 11.5 Å². The fraction of sp³-hybridized carbons (Fsp3) is 0.861. The Labute approximate surface area is 298 Å². The number of carbonyl (C=O) groups is 2. The Kier molecular flexibility index (Phi) is 15.2. The van der Waals surface area contributed by atoms with Crippen LogP contribution in [0.25, 0.3) is 0 Å². The van der Waals surface area contributed by atoms with E-state index in [9.17, 15) is 19.8 Å². The average Bonchev–Trinajstić information content (AvgIpc) is 3.29. The zero-order chi connectivity index (χ0) is 35.6. The van der Waals surface area contributed by atoms with Crippen LogP contribution in [0.15, 0.2) is 11.3 Å². The van der Waals surface area contributed by atoms with E-state index in [2.05, 4.69) is 0 Å². The fourth-order valence-corrected chi connectivity index (χ4v) is 7.61. The number of fused-ring (bicyclic) bond motifs is 2. The number of cyclic esters (lactones) is 1. The molecule has 0 amide bonds. The van der Waals surface area contributed by atoms with E-state index in [0.29, 0.717) is 31.4 Å². The van der Waals surface area contributed by atoms with Gasteiger partial charge in [-0.05, 0) is 67.4 Å². The number of esters is 1. The smallest absolute Gasteiger partial charge is 0.488 e. The van der Waals surface area contributed by atoms with E-state index in [1.165, 1.54) is 7.11 Å². The Morgan fingerprint density at radius 2 is 1.71 bits per heavy atom. The summed E-state index contributed by atoms with van der Waals surface area (Å²) in [5.41, 5.74) is -2.59. The van der Waals surface area contributed by atoms with Crippen molar-refractivity contribution >= 4 is 11.8 Å². The maximum absolute atomic E-state index is 14.2. The maximum atomic E-state index is 14.2. The van der Waals surface area contributed by atoms with Crippen LogP contribution in [0, 0.1) is 23.7 Å². The van der Waals surface area contributed by atoms with Gasteiger partial charge < -0.3 is 33.9 Å². The van der Waals surface area contributed by atoms with Crippen LogP contribution in [0.5, 0.6) is 0 Å². The quantitative estimate of drug-likeness (QED) is 0.0984. The topological polar surface area (TPSA) is 139 Å². The summed E-state index contributed by atoms with van der Waals surface area (Å²) < 4.78 is 31.5. The Bertz CT molecular complexity index is 1130. The summed E-state index contributed by atoms with van der Waals surface area (Å²) in [4.78, 5) is 40.5. The number of allylic oxidation sites excluding steroid dienone is 1. The normalized spacial score (nSPS) is 41.0. The van der Waals surface area contributed by atoms with Gasteiger partial charge in [0.1, 0.15) is 23.6 Å². The zero-order valence-corrected chi connectivity index (χ0v) is 32.1. The van der Waals surface area contributed by atoms with Crippen molar-refractivity contribution in [2.75, 3.05) is 7.11 Å². The molecular weight excluding hydrogens is 672 g/mol. The van der Waals surface area contributed by atoms with Gasteiger partial charge in [0.2, 0.25) is 0 Å². The standard InChI is InChI=1S/C36H61O11.Cu/c1-14-27-36(12,41-13)31(38)23(6)29-20(3)16-35(11,45-29)32(47-46-21(4)15-19(2)26(9)37)24(7)30(25(8)33(39)43-27)44-28-18-34(10,40)17-22(5)42-28;/h21-28,30,32,37,40H,14-18H2,1-13H3;/q-1;+1/t21?,22?,23-,24?,25?,26-,27?,28?,30?,32?,34-,35?,36?;/m1./s1. The van der Waals surface area contributed by atoms with Crippen molar-refractivity contribution in [3.05, 3.63) is 17.3 Å². The molecule has 0 radical (unpaired) electrons. The van der Waals surface area contributed by atoms with Gasteiger partial charge in [-0.3, -0.25) is 15.5 Å². The molecule has 0 aromatic rings. The van der Waals surface area contributed by atoms with Crippen molar-refractivity contribution in [1.82, 2.24) is 0 Å². The number of methoxy groups -OCH3 is 1. The second-order valence-electron chi connectivity index (χ2n) is 15.1. The summed E-state index contributed by atoms with van der Waals surface area (Å²) in [7, 11) is 1.45. The van der Waals surface area contributed by atoms with E-state index in [1.54, 1.807) is 34.6 Å². The van der Waals surface area contributed by atoms with E-state index in [1.807, 2.05) is 48.5 Å². The van der Waals surface area contributed by atoms with Gasteiger partial charge in [-0.2, -0.15) is 6.92 Å². The molecule has 12 heteroatoms. The van der Waals surface area contributed by atoms with E-state index >= 15 is 0 Å². The molecule has 11 nitrogen and oxygen atoms in total. The molecule has 3 aliphatic rings. The first-order chi connectivity index (χ1) is 21.7. The molecule has 2 bridgehead atoms. The van der Waals surface area contributed by atoms with E-state index < -0.39 is 77.3 Å². The second kappa shape index (κ2) is 17.0. The first-order valence-corrected chi connectivity index (χ1v) is 17.2. The largest absolute Gasteiger partial charge is 1.00 e. The summed E-state index contributed by atoms with van der Waals surface area (Å²) >= 11 is 0. The molecule has 2 fully saturated rings. The summed E-state index contributed by atoms with van der Waals surface area (Å²) in [5, 5.41) is 21.0. The monoisotopic (exact) mass is 732 g/mol. The third-order valence-corrected chi connectivity index (χ3v) is 10.5. The van der Waals surface area contributed by atoms with Gasteiger partial charge in [-0.25, -0.2) is 9.78 Å². The number of rotatable bonds is 10. The number of hydrogen-bond donors (Lipinski definition) is 2. The molecular formula is C36H61CuO11. The molecule has 0 aromatic heterocycles. The van der Waals surface area contributed by atoms with Gasteiger partial charge in [0, 0.05) is 32.3 Å². The number of aliphatic hydroxyl groups is 2. The van der Waals surface area contributed by atoms with E-state index in [-0.39, 0.29) is 35.4 Å². The minimum Gasteiger partial charge on any atom is -0.488 e. The van der Waals surface area contributed by atoms with Crippen LogP contribution in [0.3, 0.4) is 0 Å². The Balaban J connectivity index is 0.00000800. The van der Waals surface area contributed by atoms with Crippen molar-refractivity contribution in [3.8, 4) is 0 Å². The van der Waals surface area contributed by atoms with Gasteiger partial charge in [0.15, 0.2) is 17.7 Å². The SMILES string of the molecule is CCC1OC(=O)C(C)C(OC2C[C@](C)(O)CC(C)O2)C(C)C(OOC(C)C[C-](C)[C@@H](C)O)C2(C)CC(C)=C(O2)[C@@H](C)C(=O)C1(C)OC.[Cu+]. The molecule has 0 spiro atoms. The van der Waals surface area contributed by atoms with Crippen LogP contribution in [0.2, 0.25) is 0 Å². The molecule has 3 aliphatic heterocycles. The predicted molar refractivity (Wildman–Crippen MR) is 175 cm³/mol. The van der Waals surface area contributed by atoms with Crippen LogP contribution >= 0.6 is 0 Å². The summed E-state index contributed by atoms with van der Waals surface area (Å²) in [6, 6.07) is 0. The van der Waals surface area contributed by atoms with Gasteiger partial charge in [-0.1, -0.05) is 26.9 Å². The summed E-state index contributed by atoms with van der Waals surface area (Å²) in [6.45, 7) is 21.8. The molecule has 48 heavy (non-hydrogen) atoms. The van der Waals surface area contributed by atoms with Crippen molar-refractivity contribution < 1.29 is 70.3 Å². The second-order valence-corrected chi connectivity index (χ2v) is 15.1. The van der Waals surface area contributed by atoms with Crippen LogP contribution in [0.4, 0.5) is 0 Å². The van der Waals surface area contributed by atoms with Crippen molar-refractivity contribution in [3.63, 3.8) is 0 Å². The molecule has 0 aliphatic carbocycles. The van der Waals surface area contributed by atoms with Crippen molar-refractivity contribution in [1.29, 1.82) is 0 Å². The average molecular weight is 733 g/mol. The summed E-state index contributed by atoms with van der Waals surface area (Å²) in [6.07, 6.45) is -2.71. The van der Waals surface area contributed by atoms with E-state index in [4.69, 9.17) is 33.5 Å². The Morgan fingerprint density at radius 1 is 1.08 bits per heavy atom. The molecule has 13 atom stereocenters. The van der Waals surface area contributed by atoms with Gasteiger partial charge in [-0.15, -0.1) is 6.42 Å². The first kappa shape index (κ1) is 43.1. The molecule has 0 saturated carbocycles. The molecule has 3 rings (SSSR count). The number of ether oxygens (including phenoxy) is 5.